The van der Waals surface area contributed by atoms with Gasteiger partial charge < -0.3 is 14.7 Å². The van der Waals surface area contributed by atoms with Crippen molar-refractivity contribution in [1.82, 2.24) is 0 Å². The average Bonchev–Trinajstić information content (AvgIpc) is 2.49. The number of benzene rings is 2. The van der Waals surface area contributed by atoms with Gasteiger partial charge in [-0.15, -0.1) is 0 Å². The molecule has 1 aliphatic heterocycles. The minimum absolute atomic E-state index is 0.339. The summed E-state index contributed by atoms with van der Waals surface area (Å²) in [6.07, 6.45) is -0.339. The molecule has 1 unspecified atom stereocenters. The molecule has 3 rings (SSSR count). The van der Waals surface area contributed by atoms with E-state index >= 15 is 0 Å². The van der Waals surface area contributed by atoms with Crippen LogP contribution in [0.1, 0.15) is 18.1 Å². The summed E-state index contributed by atoms with van der Waals surface area (Å²) in [6.45, 7) is 3.82. The van der Waals surface area contributed by atoms with Crippen LogP contribution in [0.25, 0.3) is 0 Å². The zero-order valence-corrected chi connectivity index (χ0v) is 12.3. The highest BCUT2D eigenvalue weighted by atomic mass is 16.5. The van der Waals surface area contributed by atoms with Crippen LogP contribution in [0.5, 0.6) is 11.5 Å². The molecule has 21 heavy (non-hydrogen) atoms. The van der Waals surface area contributed by atoms with Gasteiger partial charge in [-0.25, -0.2) is 0 Å². The van der Waals surface area contributed by atoms with Crippen molar-refractivity contribution in [3.05, 3.63) is 58.8 Å². The highest BCUT2D eigenvalue weighted by Crippen LogP contribution is 2.35. The van der Waals surface area contributed by atoms with Gasteiger partial charge in [-0.3, -0.25) is 0 Å². The molecule has 1 atom stereocenters. The lowest BCUT2D eigenvalue weighted by molar-refractivity contribution is -0.370. The predicted octanol–water partition coefficient (Wildman–Crippen LogP) is 3.42. The lowest BCUT2D eigenvalue weighted by Gasteiger charge is -2.25. The molecule has 0 aromatic heterocycles. The van der Waals surface area contributed by atoms with Gasteiger partial charge in [-0.1, -0.05) is 18.2 Å². The smallest absolute Gasteiger partial charge is 0.259 e. The Hall–Kier alpha value is -2.49. The maximum Gasteiger partial charge on any atom is 0.259 e. The Morgan fingerprint density at radius 3 is 2.71 bits per heavy atom. The van der Waals surface area contributed by atoms with E-state index in [-0.39, 0.29) is 6.10 Å². The average molecular weight is 283 g/mol. The first-order valence-corrected chi connectivity index (χ1v) is 6.86. The fourth-order valence-electron chi connectivity index (χ4n) is 2.61. The highest BCUT2D eigenvalue weighted by Gasteiger charge is 2.33. The standard InChI is InChI=1S/C17H17NO3/c1-11-8-9-16-14(10-11)18(19)17(12(2)21-16)13-6-4-5-7-15(13)20-3/h4-10,12H,1-3H3. The van der Waals surface area contributed by atoms with Crippen LogP contribution in [0.2, 0.25) is 0 Å². The summed E-state index contributed by atoms with van der Waals surface area (Å²) in [5.41, 5.74) is 2.88. The Kier molecular flexibility index (Phi) is 3.29. The lowest BCUT2D eigenvalue weighted by atomic mass is 10.0. The molecule has 2 aromatic rings. The van der Waals surface area contributed by atoms with Gasteiger partial charge in [-0.2, -0.15) is 4.74 Å². The van der Waals surface area contributed by atoms with E-state index < -0.39 is 0 Å². The third-order valence-electron chi connectivity index (χ3n) is 3.62. The summed E-state index contributed by atoms with van der Waals surface area (Å²) < 4.78 is 12.2. The third kappa shape index (κ3) is 2.23. The number of methoxy groups -OCH3 is 1. The van der Waals surface area contributed by atoms with Crippen molar-refractivity contribution in [2.75, 3.05) is 7.11 Å². The molecule has 4 heteroatoms. The normalized spacial score (nSPS) is 17.2. The van der Waals surface area contributed by atoms with Crippen molar-refractivity contribution in [2.24, 2.45) is 0 Å². The maximum atomic E-state index is 12.8. The molecule has 0 radical (unpaired) electrons. The number of ether oxygens (including phenoxy) is 2. The Morgan fingerprint density at radius 2 is 1.95 bits per heavy atom. The van der Waals surface area contributed by atoms with E-state index in [1.165, 1.54) is 0 Å². The summed E-state index contributed by atoms with van der Waals surface area (Å²) in [7, 11) is 1.60. The number of rotatable bonds is 2. The van der Waals surface area contributed by atoms with Crippen molar-refractivity contribution in [3.8, 4) is 11.5 Å². The van der Waals surface area contributed by atoms with Crippen molar-refractivity contribution in [2.45, 2.75) is 20.0 Å². The summed E-state index contributed by atoms with van der Waals surface area (Å²) >= 11 is 0. The van der Waals surface area contributed by atoms with Gasteiger partial charge in [0.25, 0.3) is 5.69 Å². The van der Waals surface area contributed by atoms with Gasteiger partial charge in [-0.05, 0) is 37.6 Å². The number of nitrogens with zero attached hydrogens (tertiary/aromatic N) is 1. The molecule has 0 bridgehead atoms. The second-order valence-corrected chi connectivity index (χ2v) is 5.11. The second-order valence-electron chi connectivity index (χ2n) is 5.11. The van der Waals surface area contributed by atoms with Crippen LogP contribution >= 0.6 is 0 Å². The molecule has 2 aromatic carbocycles. The van der Waals surface area contributed by atoms with Gasteiger partial charge >= 0.3 is 0 Å². The Balaban J connectivity index is 2.23. The van der Waals surface area contributed by atoms with E-state index in [0.29, 0.717) is 22.9 Å². The molecule has 0 spiro atoms. The summed E-state index contributed by atoms with van der Waals surface area (Å²) in [4.78, 5) is 0. The fourth-order valence-corrected chi connectivity index (χ4v) is 2.61. The van der Waals surface area contributed by atoms with Crippen LogP contribution in [0.3, 0.4) is 0 Å². The Labute approximate surface area is 123 Å². The van der Waals surface area contributed by atoms with E-state index in [1.807, 2.05) is 56.3 Å². The highest BCUT2D eigenvalue weighted by molar-refractivity contribution is 6.03. The molecule has 0 aliphatic carbocycles. The maximum absolute atomic E-state index is 12.8. The van der Waals surface area contributed by atoms with Gasteiger partial charge in [0.15, 0.2) is 11.9 Å². The molecular weight excluding hydrogens is 266 g/mol. The van der Waals surface area contributed by atoms with Crippen LogP contribution in [0, 0.1) is 12.1 Å². The van der Waals surface area contributed by atoms with E-state index in [4.69, 9.17) is 9.47 Å². The minimum Gasteiger partial charge on any atom is -0.618 e. The fraction of sp³-hybridized carbons (Fsp3) is 0.235. The third-order valence-corrected chi connectivity index (χ3v) is 3.62. The van der Waals surface area contributed by atoms with E-state index in [0.717, 1.165) is 15.9 Å². The first kappa shape index (κ1) is 13.5. The number of hydrogen-bond acceptors (Lipinski definition) is 3. The molecule has 0 N–H and O–H groups in total. The predicted molar refractivity (Wildman–Crippen MR) is 81.7 cm³/mol. The van der Waals surface area contributed by atoms with Gasteiger partial charge in [0.05, 0.1) is 12.7 Å². The van der Waals surface area contributed by atoms with Crippen LogP contribution in [0.15, 0.2) is 42.5 Å². The van der Waals surface area contributed by atoms with Crippen molar-refractivity contribution in [3.63, 3.8) is 0 Å². The number of hydrogen-bond donors (Lipinski definition) is 0. The first-order valence-electron chi connectivity index (χ1n) is 6.86. The largest absolute Gasteiger partial charge is 0.618 e. The quantitative estimate of drug-likeness (QED) is 0.626. The van der Waals surface area contributed by atoms with E-state index in [9.17, 15) is 5.21 Å². The molecule has 0 amide bonds. The Morgan fingerprint density at radius 1 is 1.19 bits per heavy atom. The summed E-state index contributed by atoms with van der Waals surface area (Å²) in [5, 5.41) is 12.8. The van der Waals surface area contributed by atoms with Crippen molar-refractivity contribution < 1.29 is 14.2 Å². The minimum atomic E-state index is -0.339. The summed E-state index contributed by atoms with van der Waals surface area (Å²) in [5.74, 6) is 1.28. The van der Waals surface area contributed by atoms with Crippen LogP contribution < -0.4 is 9.47 Å². The molecule has 4 nitrogen and oxygen atoms in total. The van der Waals surface area contributed by atoms with Gasteiger partial charge in [0.2, 0.25) is 5.71 Å². The first-order chi connectivity index (χ1) is 10.1. The SMILES string of the molecule is COc1ccccc1C1=[N+]([O-])c2cc(C)ccc2OC1C. The van der Waals surface area contributed by atoms with E-state index in [1.54, 1.807) is 7.11 Å². The molecule has 0 fully saturated rings. The topological polar surface area (TPSA) is 44.5 Å². The van der Waals surface area contributed by atoms with Gasteiger partial charge in [0.1, 0.15) is 5.75 Å². The number of fused-ring (bicyclic) bond motifs is 1. The molecule has 1 heterocycles. The number of para-hydroxylation sites is 1. The van der Waals surface area contributed by atoms with Crippen LogP contribution in [-0.2, 0) is 0 Å². The molecule has 1 aliphatic rings. The zero-order valence-electron chi connectivity index (χ0n) is 12.3. The van der Waals surface area contributed by atoms with Crippen molar-refractivity contribution >= 4 is 11.4 Å². The van der Waals surface area contributed by atoms with Crippen LogP contribution in [0.4, 0.5) is 5.69 Å². The number of aryl methyl sites for hydroxylation is 1. The van der Waals surface area contributed by atoms with Crippen LogP contribution in [-0.4, -0.2) is 23.7 Å². The van der Waals surface area contributed by atoms with Gasteiger partial charge in [0, 0.05) is 6.07 Å². The second kappa shape index (κ2) is 5.13. The summed E-state index contributed by atoms with van der Waals surface area (Å²) in [6, 6.07) is 13.1. The monoisotopic (exact) mass is 283 g/mol. The molecule has 0 saturated carbocycles. The Bertz CT molecular complexity index is 722. The lowest BCUT2D eigenvalue weighted by Crippen LogP contribution is -2.34. The molecular formula is C17H17NO3. The molecule has 108 valence electrons. The van der Waals surface area contributed by atoms with Crippen molar-refractivity contribution in [1.29, 1.82) is 0 Å². The molecule has 0 saturated heterocycles. The zero-order chi connectivity index (χ0) is 15.0. The van der Waals surface area contributed by atoms with E-state index in [2.05, 4.69) is 0 Å².